The van der Waals surface area contributed by atoms with Crippen LogP contribution in [-0.2, 0) is 38.0 Å². The molecule has 0 aliphatic carbocycles. The fraction of sp³-hybridized carbons (Fsp3) is 0.961. The summed E-state index contributed by atoms with van der Waals surface area (Å²) < 4.78 is 33.6. The zero-order valence-electron chi connectivity index (χ0n) is 41.2. The number of aliphatic hydroxyl groups excluding tert-OH is 7. The van der Waals surface area contributed by atoms with Crippen molar-refractivity contribution in [3.8, 4) is 0 Å². The summed E-state index contributed by atoms with van der Waals surface area (Å²) in [6.07, 6.45) is 19.8. The normalized spacial score (nSPS) is 26.1. The highest BCUT2D eigenvalue weighted by atomic mass is 16.7. The Morgan fingerprint density at radius 2 is 0.773 bits per heavy atom. The highest BCUT2D eigenvalue weighted by molar-refractivity contribution is 5.70. The van der Waals surface area contributed by atoms with Crippen LogP contribution in [0.15, 0.2) is 0 Å². The van der Waals surface area contributed by atoms with Crippen LogP contribution in [0.3, 0.4) is 0 Å². The lowest BCUT2D eigenvalue weighted by molar-refractivity contribution is -0.332. The van der Waals surface area contributed by atoms with E-state index in [9.17, 15) is 45.3 Å². The molecular weight excluding hydrogens is 853 g/mol. The smallest absolute Gasteiger partial charge is 0.306 e. The van der Waals surface area contributed by atoms with E-state index >= 15 is 0 Å². The molecule has 11 unspecified atom stereocenters. The van der Waals surface area contributed by atoms with Gasteiger partial charge in [0.15, 0.2) is 18.7 Å². The van der Waals surface area contributed by atoms with Gasteiger partial charge in [-0.3, -0.25) is 9.59 Å². The molecule has 2 fully saturated rings. The van der Waals surface area contributed by atoms with Crippen LogP contribution in [-0.4, -0.2) is 142 Å². The van der Waals surface area contributed by atoms with Crippen LogP contribution in [0.1, 0.15) is 219 Å². The second-order valence-corrected chi connectivity index (χ2v) is 19.1. The van der Waals surface area contributed by atoms with Crippen molar-refractivity contribution in [3.05, 3.63) is 0 Å². The van der Waals surface area contributed by atoms with Crippen molar-refractivity contribution in [2.45, 2.75) is 287 Å². The van der Waals surface area contributed by atoms with E-state index in [1.807, 2.05) is 0 Å². The van der Waals surface area contributed by atoms with Crippen molar-refractivity contribution < 1.29 is 73.8 Å². The van der Waals surface area contributed by atoms with Crippen molar-refractivity contribution in [2.24, 2.45) is 0 Å². The number of carbonyl (C=O) groups excluding carboxylic acids is 2. The molecule has 0 bridgehead atoms. The van der Waals surface area contributed by atoms with Gasteiger partial charge in [0.1, 0.15) is 55.4 Å². The first-order chi connectivity index (χ1) is 32.0. The molecule has 2 rings (SSSR count). The molecule has 7 N–H and O–H groups in total. The van der Waals surface area contributed by atoms with Gasteiger partial charge in [-0.2, -0.15) is 0 Å². The van der Waals surface area contributed by atoms with Crippen molar-refractivity contribution in [2.75, 3.05) is 26.4 Å². The zero-order valence-corrected chi connectivity index (χ0v) is 41.2. The van der Waals surface area contributed by atoms with Crippen LogP contribution in [0.2, 0.25) is 0 Å². The molecule has 0 amide bonds. The zero-order chi connectivity index (χ0) is 48.2. The van der Waals surface area contributed by atoms with Gasteiger partial charge in [0.05, 0.1) is 19.8 Å². The molecule has 66 heavy (non-hydrogen) atoms. The Hall–Kier alpha value is -1.50. The molecule has 2 saturated heterocycles. The number of hydrogen-bond donors (Lipinski definition) is 7. The van der Waals surface area contributed by atoms with E-state index in [1.54, 1.807) is 0 Å². The van der Waals surface area contributed by atoms with Crippen LogP contribution >= 0.6 is 0 Å². The second-order valence-electron chi connectivity index (χ2n) is 19.1. The lowest BCUT2D eigenvalue weighted by Crippen LogP contribution is -2.61. The fourth-order valence-corrected chi connectivity index (χ4v) is 8.69. The summed E-state index contributed by atoms with van der Waals surface area (Å²) in [5, 5.41) is 72.1. The van der Waals surface area contributed by atoms with Crippen molar-refractivity contribution >= 4 is 11.9 Å². The van der Waals surface area contributed by atoms with Crippen LogP contribution in [0.4, 0.5) is 0 Å². The summed E-state index contributed by atoms with van der Waals surface area (Å²) in [6.45, 7) is 2.63. The Kier molecular flexibility index (Phi) is 36.0. The summed E-state index contributed by atoms with van der Waals surface area (Å²) >= 11 is 0. The number of hydrogen-bond acceptors (Lipinski definition) is 15. The number of aliphatic hydroxyl groups is 7. The van der Waals surface area contributed by atoms with Crippen LogP contribution < -0.4 is 0 Å². The van der Waals surface area contributed by atoms with Gasteiger partial charge in [0.2, 0.25) is 0 Å². The van der Waals surface area contributed by atoms with E-state index in [0.717, 1.165) is 38.5 Å². The monoisotopic (exact) mass is 949 g/mol. The topological polar surface area (TPSA) is 231 Å². The predicted molar refractivity (Wildman–Crippen MR) is 252 cm³/mol. The van der Waals surface area contributed by atoms with Crippen molar-refractivity contribution in [1.82, 2.24) is 0 Å². The molecule has 11 atom stereocenters. The maximum atomic E-state index is 13.0. The van der Waals surface area contributed by atoms with Gasteiger partial charge < -0.3 is 64.2 Å². The molecule has 2 aliphatic heterocycles. The molecule has 0 radical (unpaired) electrons. The third-order valence-corrected chi connectivity index (χ3v) is 13.1. The molecule has 0 spiro atoms. The second kappa shape index (κ2) is 39.2. The van der Waals surface area contributed by atoms with E-state index in [0.29, 0.717) is 12.8 Å². The number of esters is 2. The molecule has 2 aliphatic rings. The van der Waals surface area contributed by atoms with Crippen LogP contribution in [0.5, 0.6) is 0 Å². The third kappa shape index (κ3) is 27.0. The van der Waals surface area contributed by atoms with Gasteiger partial charge in [-0.15, -0.1) is 0 Å². The van der Waals surface area contributed by atoms with Crippen molar-refractivity contribution in [1.29, 1.82) is 0 Å². The molecule has 390 valence electrons. The summed E-state index contributed by atoms with van der Waals surface area (Å²) in [7, 11) is 0. The SMILES string of the molecule is CCCCCCCCCCCCCCCCCC(=O)OCC(COC1OC(COC2OC(CO)C(O)C(O)C2O)C(O)C(O)C1O)OC(=O)CCCCCCCCCCCCCCCCC. The highest BCUT2D eigenvalue weighted by Gasteiger charge is 2.47. The molecule has 15 heteroatoms. The molecule has 0 aromatic heterocycles. The lowest BCUT2D eigenvalue weighted by Gasteiger charge is -2.42. The minimum Gasteiger partial charge on any atom is -0.462 e. The third-order valence-electron chi connectivity index (χ3n) is 13.1. The number of unbranched alkanes of at least 4 members (excludes halogenated alkanes) is 28. The molecule has 0 aromatic rings. The molecule has 0 saturated carbocycles. The predicted octanol–water partition coefficient (Wildman–Crippen LogP) is 7.61. The molecular formula is C51H96O15. The van der Waals surface area contributed by atoms with Crippen molar-refractivity contribution in [3.63, 3.8) is 0 Å². The van der Waals surface area contributed by atoms with Gasteiger partial charge in [0.25, 0.3) is 0 Å². The number of rotatable bonds is 42. The Bertz CT molecular complexity index is 1160. The first-order valence-electron chi connectivity index (χ1n) is 26.6. The summed E-state index contributed by atoms with van der Waals surface area (Å²) in [6, 6.07) is 0. The lowest BCUT2D eigenvalue weighted by atomic mass is 9.98. The Labute approximate surface area is 398 Å². The van der Waals surface area contributed by atoms with Gasteiger partial charge in [0, 0.05) is 12.8 Å². The summed E-state index contributed by atoms with van der Waals surface area (Å²) in [4.78, 5) is 25.8. The molecule has 2 heterocycles. The summed E-state index contributed by atoms with van der Waals surface area (Å²) in [5.74, 6) is -0.908. The number of carbonyl (C=O) groups is 2. The molecule has 15 nitrogen and oxygen atoms in total. The fourth-order valence-electron chi connectivity index (χ4n) is 8.69. The Balaban J connectivity index is 1.79. The van der Waals surface area contributed by atoms with Gasteiger partial charge in [-0.05, 0) is 12.8 Å². The minimum atomic E-state index is -1.76. The maximum Gasteiger partial charge on any atom is 0.306 e. The van der Waals surface area contributed by atoms with Crippen LogP contribution in [0, 0.1) is 0 Å². The maximum absolute atomic E-state index is 13.0. The average molecular weight is 949 g/mol. The minimum absolute atomic E-state index is 0.173. The molecule has 0 aromatic carbocycles. The van der Waals surface area contributed by atoms with E-state index in [1.165, 1.54) is 141 Å². The first-order valence-corrected chi connectivity index (χ1v) is 26.6. The van der Waals surface area contributed by atoms with E-state index in [-0.39, 0.29) is 26.1 Å². The Morgan fingerprint density at radius 1 is 0.424 bits per heavy atom. The highest BCUT2D eigenvalue weighted by Crippen LogP contribution is 2.27. The van der Waals surface area contributed by atoms with E-state index < -0.39 is 92.7 Å². The van der Waals surface area contributed by atoms with E-state index in [2.05, 4.69) is 13.8 Å². The Morgan fingerprint density at radius 3 is 1.18 bits per heavy atom. The summed E-state index contributed by atoms with van der Waals surface area (Å²) in [5.41, 5.74) is 0. The number of ether oxygens (including phenoxy) is 6. The van der Waals surface area contributed by atoms with E-state index in [4.69, 9.17) is 28.4 Å². The van der Waals surface area contributed by atoms with Crippen LogP contribution in [0.25, 0.3) is 0 Å². The standard InChI is InChI=1S/C51H96O15/c1-3-5-7-9-11-13-15-17-19-21-23-25-27-29-31-33-42(53)61-36-39(64-43(54)34-32-30-28-26-24-22-20-18-16-14-12-10-8-6-4-2)37-62-50-49(60)47(58)45(56)41(66-50)38-63-51-48(59)46(57)44(55)40(35-52)65-51/h39-41,44-52,55-60H,3-38H2,1-2H3. The van der Waals surface area contributed by atoms with Gasteiger partial charge in [-0.25, -0.2) is 0 Å². The average Bonchev–Trinajstić information content (AvgIpc) is 3.31. The largest absolute Gasteiger partial charge is 0.462 e. The quantitative estimate of drug-likeness (QED) is 0.0231. The van der Waals surface area contributed by atoms with Gasteiger partial charge >= 0.3 is 11.9 Å². The van der Waals surface area contributed by atoms with Gasteiger partial charge in [-0.1, -0.05) is 194 Å². The first kappa shape index (κ1) is 60.6.